The molecule has 0 spiro atoms. The molecule has 0 unspecified atom stereocenters. The van der Waals surface area contributed by atoms with Gasteiger partial charge in [0.25, 0.3) is 0 Å². The molecular weight excluding hydrogens is 502 g/mol. The maximum absolute atomic E-state index is 13.2. The third-order valence-corrected chi connectivity index (χ3v) is 8.50. The van der Waals surface area contributed by atoms with E-state index >= 15 is 0 Å². The van der Waals surface area contributed by atoms with Gasteiger partial charge in [0.05, 0.1) is 39.9 Å². The van der Waals surface area contributed by atoms with Gasteiger partial charge in [-0.25, -0.2) is 18.2 Å². The van der Waals surface area contributed by atoms with Gasteiger partial charge in [-0.3, -0.25) is 5.32 Å². The Balaban J connectivity index is 1.54. The van der Waals surface area contributed by atoms with Crippen molar-refractivity contribution in [2.24, 2.45) is 0 Å². The van der Waals surface area contributed by atoms with Crippen LogP contribution in [0, 0.1) is 11.3 Å². The van der Waals surface area contributed by atoms with Crippen molar-refractivity contribution in [3.63, 3.8) is 0 Å². The Kier molecular flexibility index (Phi) is 6.95. The summed E-state index contributed by atoms with van der Waals surface area (Å²) in [5, 5.41) is 13.6. The third kappa shape index (κ3) is 5.02. The molecule has 38 heavy (non-hydrogen) atoms. The average Bonchev–Trinajstić information content (AvgIpc) is 3.48. The number of carbonyl (C=O) groups excluding carboxylic acids is 1. The lowest BCUT2D eigenvalue weighted by Gasteiger charge is -2.30. The maximum Gasteiger partial charge on any atom is 0.411 e. The third-order valence-electron chi connectivity index (χ3n) is 6.81. The molecule has 1 aliphatic carbocycles. The Morgan fingerprint density at radius 2 is 1.97 bits per heavy atom. The van der Waals surface area contributed by atoms with E-state index in [1.165, 1.54) is 0 Å². The lowest BCUT2D eigenvalue weighted by atomic mass is 9.92. The number of benzene rings is 2. The SMILES string of the molecule is CC(C)OC(=O)Nc1ccc(-c2c(C#N)c3ccc(S(=O)(=O)CCn4ccnc4)cc3n2C2CCC2)cc1. The Bertz CT molecular complexity index is 1610. The fourth-order valence-electron chi connectivity index (χ4n) is 4.74. The number of hydrogen-bond donors (Lipinski definition) is 1. The highest BCUT2D eigenvalue weighted by atomic mass is 32.2. The highest BCUT2D eigenvalue weighted by Crippen LogP contribution is 2.43. The molecule has 10 heteroatoms. The first kappa shape index (κ1) is 25.5. The van der Waals surface area contributed by atoms with Crippen LogP contribution in [0.1, 0.15) is 44.7 Å². The van der Waals surface area contributed by atoms with Crippen LogP contribution in [-0.2, 0) is 21.1 Å². The van der Waals surface area contributed by atoms with Crippen LogP contribution in [0.4, 0.5) is 10.5 Å². The van der Waals surface area contributed by atoms with Gasteiger partial charge in [-0.05, 0) is 62.9 Å². The van der Waals surface area contributed by atoms with Gasteiger partial charge in [0.15, 0.2) is 9.84 Å². The van der Waals surface area contributed by atoms with Crippen molar-refractivity contribution in [2.45, 2.75) is 56.7 Å². The number of fused-ring (bicyclic) bond motifs is 1. The van der Waals surface area contributed by atoms with Crippen LogP contribution < -0.4 is 5.32 Å². The standard InChI is InChI=1S/C28H29N5O4S/c1-19(2)37-28(34)31-21-8-6-20(7-9-21)27-25(17-29)24-11-10-23(16-26(24)33(27)22-4-3-5-22)38(35,36)15-14-32-13-12-30-18-32/h6-13,16,18-19,22H,3-5,14-15H2,1-2H3,(H,31,34). The van der Waals surface area contributed by atoms with Gasteiger partial charge in [-0.2, -0.15) is 5.26 Å². The molecule has 2 aromatic carbocycles. The van der Waals surface area contributed by atoms with Gasteiger partial charge in [0.1, 0.15) is 6.07 Å². The van der Waals surface area contributed by atoms with Crippen LogP contribution in [0.5, 0.6) is 0 Å². The predicted octanol–water partition coefficient (Wildman–Crippen LogP) is 5.53. The largest absolute Gasteiger partial charge is 0.447 e. The van der Waals surface area contributed by atoms with Gasteiger partial charge < -0.3 is 13.9 Å². The molecule has 196 valence electrons. The first-order chi connectivity index (χ1) is 18.3. The zero-order valence-electron chi connectivity index (χ0n) is 21.3. The second kappa shape index (κ2) is 10.3. The Morgan fingerprint density at radius 1 is 1.21 bits per heavy atom. The van der Waals surface area contributed by atoms with E-state index < -0.39 is 15.9 Å². The van der Waals surface area contributed by atoms with Gasteiger partial charge in [-0.15, -0.1) is 0 Å². The molecule has 9 nitrogen and oxygen atoms in total. The molecule has 1 fully saturated rings. The minimum absolute atomic E-state index is 0.0509. The number of anilines is 1. The van der Waals surface area contributed by atoms with Crippen LogP contribution in [-0.4, -0.2) is 40.5 Å². The molecule has 0 saturated heterocycles. The molecule has 1 N–H and O–H groups in total. The molecule has 5 rings (SSSR count). The minimum Gasteiger partial charge on any atom is -0.447 e. The van der Waals surface area contributed by atoms with Crippen LogP contribution in [0.3, 0.4) is 0 Å². The second-order valence-electron chi connectivity index (χ2n) is 9.74. The van der Waals surface area contributed by atoms with E-state index in [9.17, 15) is 18.5 Å². The van der Waals surface area contributed by atoms with E-state index in [1.54, 1.807) is 67.5 Å². The number of imidazole rings is 1. The predicted molar refractivity (Wildman–Crippen MR) is 144 cm³/mol. The highest BCUT2D eigenvalue weighted by Gasteiger charge is 2.29. The van der Waals surface area contributed by atoms with Crippen molar-refractivity contribution in [2.75, 3.05) is 11.1 Å². The fraction of sp³-hybridized carbons (Fsp3) is 0.321. The first-order valence-corrected chi connectivity index (χ1v) is 14.3. The molecule has 4 aromatic rings. The summed E-state index contributed by atoms with van der Waals surface area (Å²) in [7, 11) is -3.56. The molecule has 2 heterocycles. The van der Waals surface area contributed by atoms with E-state index in [-0.39, 0.29) is 22.8 Å². The lowest BCUT2D eigenvalue weighted by Crippen LogP contribution is -2.18. The Hall–Kier alpha value is -4.10. The summed E-state index contributed by atoms with van der Waals surface area (Å²) in [6.07, 6.45) is 7.19. The summed E-state index contributed by atoms with van der Waals surface area (Å²) in [5.41, 5.74) is 3.41. The summed E-state index contributed by atoms with van der Waals surface area (Å²) in [6.45, 7) is 3.87. The number of nitriles is 1. The zero-order valence-corrected chi connectivity index (χ0v) is 22.1. The van der Waals surface area contributed by atoms with E-state index in [1.807, 2.05) is 12.1 Å². The number of nitrogens with zero attached hydrogens (tertiary/aromatic N) is 4. The quantitative estimate of drug-likeness (QED) is 0.319. The van der Waals surface area contributed by atoms with E-state index in [2.05, 4.69) is 20.9 Å². The second-order valence-corrected chi connectivity index (χ2v) is 11.9. The molecule has 0 radical (unpaired) electrons. The van der Waals surface area contributed by atoms with Crippen molar-refractivity contribution in [1.29, 1.82) is 5.26 Å². The number of amides is 1. The van der Waals surface area contributed by atoms with Gasteiger partial charge in [-0.1, -0.05) is 18.2 Å². The molecule has 1 aliphatic rings. The van der Waals surface area contributed by atoms with Crippen LogP contribution >= 0.6 is 0 Å². The number of sulfone groups is 1. The van der Waals surface area contributed by atoms with Crippen molar-refractivity contribution in [3.05, 3.63) is 66.7 Å². The monoisotopic (exact) mass is 531 g/mol. The summed E-state index contributed by atoms with van der Waals surface area (Å²) in [5.74, 6) is -0.0509. The fourth-order valence-corrected chi connectivity index (χ4v) is 5.99. The van der Waals surface area contributed by atoms with Crippen molar-refractivity contribution in [1.82, 2.24) is 14.1 Å². The van der Waals surface area contributed by atoms with Gasteiger partial charge in [0, 0.05) is 36.1 Å². The smallest absolute Gasteiger partial charge is 0.411 e. The van der Waals surface area contributed by atoms with Crippen molar-refractivity contribution in [3.8, 4) is 17.3 Å². The Morgan fingerprint density at radius 3 is 2.58 bits per heavy atom. The molecule has 1 saturated carbocycles. The lowest BCUT2D eigenvalue weighted by molar-refractivity contribution is 0.130. The van der Waals surface area contributed by atoms with Crippen LogP contribution in [0.15, 0.2) is 66.1 Å². The molecule has 2 aromatic heterocycles. The van der Waals surface area contributed by atoms with Crippen molar-refractivity contribution >= 4 is 32.5 Å². The van der Waals surface area contributed by atoms with Crippen molar-refractivity contribution < 1.29 is 17.9 Å². The number of rotatable bonds is 8. The van der Waals surface area contributed by atoms with Gasteiger partial charge in [0.2, 0.25) is 0 Å². The summed E-state index contributed by atoms with van der Waals surface area (Å²) < 4.78 is 35.4. The maximum atomic E-state index is 13.2. The first-order valence-electron chi connectivity index (χ1n) is 12.6. The summed E-state index contributed by atoms with van der Waals surface area (Å²) in [6, 6.07) is 14.8. The number of carbonyl (C=O) groups is 1. The molecule has 0 atom stereocenters. The normalized spacial score (nSPS) is 13.8. The van der Waals surface area contributed by atoms with Crippen LogP contribution in [0.2, 0.25) is 0 Å². The summed E-state index contributed by atoms with van der Waals surface area (Å²) >= 11 is 0. The highest BCUT2D eigenvalue weighted by molar-refractivity contribution is 7.91. The van der Waals surface area contributed by atoms with Gasteiger partial charge >= 0.3 is 6.09 Å². The number of aryl methyl sites for hydroxylation is 1. The number of aromatic nitrogens is 3. The molecule has 1 amide bonds. The number of hydrogen-bond acceptors (Lipinski definition) is 6. The molecular formula is C28H29N5O4S. The summed E-state index contributed by atoms with van der Waals surface area (Å²) in [4.78, 5) is 16.2. The molecule has 0 aliphatic heterocycles. The topological polar surface area (TPSA) is 119 Å². The Labute approximate surface area is 221 Å². The number of ether oxygens (including phenoxy) is 1. The van der Waals surface area contributed by atoms with Crippen LogP contribution in [0.25, 0.3) is 22.2 Å². The molecule has 0 bridgehead atoms. The minimum atomic E-state index is -3.56. The average molecular weight is 532 g/mol. The number of nitrogens with one attached hydrogen (secondary N) is 1. The van der Waals surface area contributed by atoms with E-state index in [0.717, 1.165) is 41.4 Å². The van der Waals surface area contributed by atoms with E-state index in [0.29, 0.717) is 17.8 Å². The van der Waals surface area contributed by atoms with E-state index in [4.69, 9.17) is 4.74 Å². The zero-order chi connectivity index (χ0) is 26.9.